The lowest BCUT2D eigenvalue weighted by Crippen LogP contribution is -2.34. The van der Waals surface area contributed by atoms with E-state index in [2.05, 4.69) is 10.5 Å². The summed E-state index contributed by atoms with van der Waals surface area (Å²) in [5, 5.41) is 7.11. The molecule has 2 atom stereocenters. The maximum Gasteiger partial charge on any atom is 0.223 e. The van der Waals surface area contributed by atoms with E-state index in [4.69, 9.17) is 10.3 Å². The monoisotopic (exact) mass is 279 g/mol. The maximum absolute atomic E-state index is 12.3. The van der Waals surface area contributed by atoms with E-state index in [9.17, 15) is 4.79 Å². The van der Waals surface area contributed by atoms with Crippen LogP contribution in [0.2, 0.25) is 0 Å². The van der Waals surface area contributed by atoms with E-state index in [1.165, 1.54) is 0 Å². The maximum atomic E-state index is 12.3. The van der Waals surface area contributed by atoms with Gasteiger partial charge in [-0.2, -0.15) is 0 Å². The fraction of sp³-hybridized carbons (Fsp3) is 0.733. The van der Waals surface area contributed by atoms with Crippen LogP contribution in [0.3, 0.4) is 0 Å². The summed E-state index contributed by atoms with van der Waals surface area (Å²) in [6.07, 6.45) is 4.76. The van der Waals surface area contributed by atoms with Crippen LogP contribution in [0.25, 0.3) is 0 Å². The number of nitrogens with two attached hydrogens (primary N) is 1. The molecule has 1 aromatic rings. The summed E-state index contributed by atoms with van der Waals surface area (Å²) in [5.41, 5.74) is 7.73. The van der Waals surface area contributed by atoms with Crippen molar-refractivity contribution in [3.63, 3.8) is 0 Å². The zero-order valence-corrected chi connectivity index (χ0v) is 12.4. The zero-order chi connectivity index (χ0) is 14.5. The van der Waals surface area contributed by atoms with Crippen molar-refractivity contribution in [3.8, 4) is 0 Å². The van der Waals surface area contributed by atoms with Gasteiger partial charge in [-0.3, -0.25) is 4.79 Å². The molecule has 1 aromatic heterocycles. The molecule has 0 aliphatic heterocycles. The van der Waals surface area contributed by atoms with E-state index < -0.39 is 0 Å². The number of aromatic nitrogens is 1. The summed E-state index contributed by atoms with van der Waals surface area (Å²) in [6, 6.07) is 0. The van der Waals surface area contributed by atoms with Crippen LogP contribution in [-0.4, -0.2) is 17.6 Å². The first-order chi connectivity index (χ1) is 9.71. The minimum atomic E-state index is 0.0787. The molecule has 1 aliphatic rings. The molecule has 0 aromatic carbocycles. The largest absolute Gasteiger partial charge is 0.361 e. The Bertz CT molecular complexity index is 434. The molecule has 0 radical (unpaired) electrons. The highest BCUT2D eigenvalue weighted by atomic mass is 16.5. The Morgan fingerprint density at radius 1 is 1.40 bits per heavy atom. The van der Waals surface area contributed by atoms with Gasteiger partial charge in [0.25, 0.3) is 0 Å². The van der Waals surface area contributed by atoms with Crippen molar-refractivity contribution in [1.82, 2.24) is 10.5 Å². The quantitative estimate of drug-likeness (QED) is 0.832. The molecule has 1 heterocycles. The molecule has 0 unspecified atom stereocenters. The van der Waals surface area contributed by atoms with E-state index in [0.717, 1.165) is 49.1 Å². The second-order valence-corrected chi connectivity index (χ2v) is 5.49. The van der Waals surface area contributed by atoms with Crippen LogP contribution >= 0.6 is 0 Å². The number of nitrogens with zero attached hydrogens (tertiary/aromatic N) is 1. The van der Waals surface area contributed by atoms with Crippen molar-refractivity contribution in [2.24, 2.45) is 17.6 Å². The van der Waals surface area contributed by atoms with Gasteiger partial charge in [0.15, 0.2) is 0 Å². The highest BCUT2D eigenvalue weighted by Crippen LogP contribution is 2.31. The van der Waals surface area contributed by atoms with Crippen LogP contribution in [-0.2, 0) is 24.2 Å². The molecule has 2 rings (SSSR count). The van der Waals surface area contributed by atoms with E-state index in [1.54, 1.807) is 0 Å². The van der Waals surface area contributed by atoms with Crippen LogP contribution in [0.5, 0.6) is 0 Å². The van der Waals surface area contributed by atoms with Crippen molar-refractivity contribution in [3.05, 3.63) is 17.0 Å². The summed E-state index contributed by atoms with van der Waals surface area (Å²) in [4.78, 5) is 12.3. The lowest BCUT2D eigenvalue weighted by Gasteiger charge is -2.17. The molecule has 1 saturated carbocycles. The molecule has 1 amide bonds. The average molecular weight is 279 g/mol. The summed E-state index contributed by atoms with van der Waals surface area (Å²) >= 11 is 0. The van der Waals surface area contributed by atoms with Gasteiger partial charge in [0, 0.05) is 24.4 Å². The second kappa shape index (κ2) is 6.88. The van der Waals surface area contributed by atoms with Gasteiger partial charge >= 0.3 is 0 Å². The number of aryl methyl sites for hydroxylation is 2. The lowest BCUT2D eigenvalue weighted by molar-refractivity contribution is -0.126. The molecular weight excluding hydrogens is 254 g/mol. The predicted octanol–water partition coefficient (Wildman–Crippen LogP) is 1.79. The van der Waals surface area contributed by atoms with E-state index >= 15 is 0 Å². The Balaban J connectivity index is 1.98. The Labute approximate surface area is 120 Å². The standard InChI is InChI=1S/C15H25N3O2/c1-3-13-12(14(4-2)20-18-13)9-17-15(19)11-7-5-6-10(11)8-16/h10-11H,3-9,16H2,1-2H3,(H,17,19)/t10-,11-/m1/s1. The molecule has 112 valence electrons. The number of carbonyl (C=O) groups is 1. The SMILES string of the molecule is CCc1noc(CC)c1CNC(=O)[C@@H]1CCC[C@@H]1CN. The van der Waals surface area contributed by atoms with Gasteiger partial charge in [-0.05, 0) is 31.7 Å². The molecule has 20 heavy (non-hydrogen) atoms. The van der Waals surface area contributed by atoms with Gasteiger partial charge < -0.3 is 15.6 Å². The Kier molecular flexibility index (Phi) is 5.17. The normalized spacial score (nSPS) is 22.1. The number of rotatable bonds is 6. The highest BCUT2D eigenvalue weighted by Gasteiger charge is 2.31. The molecule has 3 N–H and O–H groups in total. The summed E-state index contributed by atoms with van der Waals surface area (Å²) in [6.45, 7) is 5.20. The molecule has 1 fully saturated rings. The van der Waals surface area contributed by atoms with Gasteiger partial charge in [-0.15, -0.1) is 0 Å². The van der Waals surface area contributed by atoms with Gasteiger partial charge in [0.05, 0.1) is 5.69 Å². The third-order valence-electron chi connectivity index (χ3n) is 4.34. The third-order valence-corrected chi connectivity index (χ3v) is 4.34. The Morgan fingerprint density at radius 2 is 2.20 bits per heavy atom. The topological polar surface area (TPSA) is 81.2 Å². The molecule has 5 nitrogen and oxygen atoms in total. The first kappa shape index (κ1) is 15.0. The fourth-order valence-electron chi connectivity index (χ4n) is 3.11. The number of hydrogen-bond acceptors (Lipinski definition) is 4. The van der Waals surface area contributed by atoms with Crippen LogP contribution in [0, 0.1) is 11.8 Å². The Morgan fingerprint density at radius 3 is 2.85 bits per heavy atom. The van der Waals surface area contributed by atoms with Gasteiger partial charge in [0.2, 0.25) is 5.91 Å². The van der Waals surface area contributed by atoms with Crippen molar-refractivity contribution >= 4 is 5.91 Å². The number of amides is 1. The number of carbonyl (C=O) groups excluding carboxylic acids is 1. The van der Waals surface area contributed by atoms with E-state index in [1.807, 2.05) is 13.8 Å². The van der Waals surface area contributed by atoms with E-state index in [-0.39, 0.29) is 11.8 Å². The van der Waals surface area contributed by atoms with Gasteiger partial charge in [0.1, 0.15) is 5.76 Å². The minimum Gasteiger partial charge on any atom is -0.361 e. The number of nitrogens with one attached hydrogen (secondary N) is 1. The first-order valence-electron chi connectivity index (χ1n) is 7.65. The van der Waals surface area contributed by atoms with Crippen molar-refractivity contribution < 1.29 is 9.32 Å². The fourth-order valence-corrected chi connectivity index (χ4v) is 3.11. The van der Waals surface area contributed by atoms with Gasteiger partial charge in [-0.1, -0.05) is 25.4 Å². The third kappa shape index (κ3) is 3.03. The highest BCUT2D eigenvalue weighted by molar-refractivity contribution is 5.79. The number of hydrogen-bond donors (Lipinski definition) is 2. The molecule has 0 spiro atoms. The van der Waals surface area contributed by atoms with Gasteiger partial charge in [-0.25, -0.2) is 0 Å². The van der Waals surface area contributed by atoms with Crippen molar-refractivity contribution in [2.45, 2.75) is 52.5 Å². The van der Waals surface area contributed by atoms with Crippen LogP contribution in [0.15, 0.2) is 4.52 Å². The second-order valence-electron chi connectivity index (χ2n) is 5.49. The first-order valence-corrected chi connectivity index (χ1v) is 7.65. The van der Waals surface area contributed by atoms with Crippen molar-refractivity contribution in [1.29, 1.82) is 0 Å². The average Bonchev–Trinajstić information content (AvgIpc) is 3.10. The van der Waals surface area contributed by atoms with E-state index in [0.29, 0.717) is 19.0 Å². The smallest absolute Gasteiger partial charge is 0.223 e. The summed E-state index contributed by atoms with van der Waals surface area (Å²) in [7, 11) is 0. The van der Waals surface area contributed by atoms with Crippen molar-refractivity contribution in [2.75, 3.05) is 6.54 Å². The lowest BCUT2D eigenvalue weighted by atomic mass is 9.95. The van der Waals surface area contributed by atoms with Crippen LogP contribution < -0.4 is 11.1 Å². The summed E-state index contributed by atoms with van der Waals surface area (Å²) < 4.78 is 5.31. The molecule has 5 heteroatoms. The van der Waals surface area contributed by atoms with Crippen LogP contribution in [0.1, 0.15) is 50.1 Å². The molecule has 1 aliphatic carbocycles. The molecule has 0 bridgehead atoms. The molecule has 0 saturated heterocycles. The predicted molar refractivity (Wildman–Crippen MR) is 77.0 cm³/mol. The summed E-state index contributed by atoms with van der Waals surface area (Å²) in [5.74, 6) is 1.43. The van der Waals surface area contributed by atoms with Crippen LogP contribution in [0.4, 0.5) is 0 Å². The Hall–Kier alpha value is -1.36. The molecular formula is C15H25N3O2. The zero-order valence-electron chi connectivity index (χ0n) is 12.4. The minimum absolute atomic E-state index is 0.0787.